The summed E-state index contributed by atoms with van der Waals surface area (Å²) in [5.74, 6) is 0.552. The lowest BCUT2D eigenvalue weighted by Crippen LogP contribution is -2.59. The SMILES string of the molecule is CCCN1CCN(C(=O)c2ccccn2)[C@H](Cc2ccccc2-c2ccccc2OC)C1=O. The average Bonchev–Trinajstić information content (AvgIpc) is 2.87. The molecular weight excluding hydrogens is 414 g/mol. The number of para-hydroxylation sites is 1. The van der Waals surface area contributed by atoms with Crippen LogP contribution in [0.15, 0.2) is 72.9 Å². The van der Waals surface area contributed by atoms with Crippen molar-refractivity contribution in [2.24, 2.45) is 0 Å². The van der Waals surface area contributed by atoms with Gasteiger partial charge in [0.25, 0.3) is 5.91 Å². The summed E-state index contributed by atoms with van der Waals surface area (Å²) < 4.78 is 5.58. The molecule has 2 aromatic carbocycles. The van der Waals surface area contributed by atoms with Gasteiger partial charge in [0, 0.05) is 37.8 Å². The summed E-state index contributed by atoms with van der Waals surface area (Å²) in [4.78, 5) is 34.7. The number of hydrogen-bond donors (Lipinski definition) is 0. The average molecular weight is 444 g/mol. The number of nitrogens with zero attached hydrogens (tertiary/aromatic N) is 3. The van der Waals surface area contributed by atoms with Crippen molar-refractivity contribution < 1.29 is 14.3 Å². The van der Waals surface area contributed by atoms with Gasteiger partial charge in [-0.05, 0) is 35.7 Å². The smallest absolute Gasteiger partial charge is 0.273 e. The van der Waals surface area contributed by atoms with E-state index in [2.05, 4.69) is 11.9 Å². The molecule has 6 heteroatoms. The minimum atomic E-state index is -0.587. The van der Waals surface area contributed by atoms with Crippen LogP contribution in [0.5, 0.6) is 5.75 Å². The van der Waals surface area contributed by atoms with Gasteiger partial charge >= 0.3 is 0 Å². The van der Waals surface area contributed by atoms with Crippen LogP contribution in [0.2, 0.25) is 0 Å². The van der Waals surface area contributed by atoms with Crippen molar-refractivity contribution in [2.75, 3.05) is 26.7 Å². The number of amides is 2. The number of piperazine rings is 1. The molecular formula is C27H29N3O3. The second-order valence-electron chi connectivity index (χ2n) is 8.12. The molecule has 0 saturated carbocycles. The monoisotopic (exact) mass is 443 g/mol. The molecule has 1 saturated heterocycles. The highest BCUT2D eigenvalue weighted by Crippen LogP contribution is 2.33. The fourth-order valence-corrected chi connectivity index (χ4v) is 4.44. The molecule has 1 aliphatic heterocycles. The first-order valence-corrected chi connectivity index (χ1v) is 11.4. The largest absolute Gasteiger partial charge is 0.496 e. The molecule has 1 fully saturated rings. The molecule has 0 N–H and O–H groups in total. The maximum atomic E-state index is 13.5. The third kappa shape index (κ3) is 4.75. The Hall–Kier alpha value is -3.67. The van der Waals surface area contributed by atoms with Crippen molar-refractivity contribution in [1.82, 2.24) is 14.8 Å². The molecule has 2 amide bonds. The minimum Gasteiger partial charge on any atom is -0.496 e. The lowest BCUT2D eigenvalue weighted by atomic mass is 9.92. The Kier molecular flexibility index (Phi) is 7.03. The Balaban J connectivity index is 1.71. The predicted octanol–water partition coefficient (Wildman–Crippen LogP) is 4.06. The van der Waals surface area contributed by atoms with E-state index in [0.29, 0.717) is 31.7 Å². The highest BCUT2D eigenvalue weighted by Gasteiger charge is 2.38. The number of carbonyl (C=O) groups is 2. The first kappa shape index (κ1) is 22.5. The van der Waals surface area contributed by atoms with Crippen molar-refractivity contribution >= 4 is 11.8 Å². The van der Waals surface area contributed by atoms with Gasteiger partial charge in [-0.1, -0.05) is 55.5 Å². The van der Waals surface area contributed by atoms with Crippen LogP contribution in [0.3, 0.4) is 0 Å². The van der Waals surface area contributed by atoms with Crippen LogP contribution < -0.4 is 4.74 Å². The zero-order valence-electron chi connectivity index (χ0n) is 19.1. The number of pyridine rings is 1. The van der Waals surface area contributed by atoms with E-state index in [9.17, 15) is 9.59 Å². The van der Waals surface area contributed by atoms with E-state index in [1.165, 1.54) is 0 Å². The summed E-state index contributed by atoms with van der Waals surface area (Å²) >= 11 is 0. The van der Waals surface area contributed by atoms with E-state index in [1.54, 1.807) is 36.4 Å². The molecule has 0 spiro atoms. The van der Waals surface area contributed by atoms with Crippen LogP contribution in [-0.2, 0) is 11.2 Å². The van der Waals surface area contributed by atoms with E-state index in [-0.39, 0.29) is 11.8 Å². The quantitative estimate of drug-likeness (QED) is 0.552. The molecule has 0 unspecified atom stereocenters. The summed E-state index contributed by atoms with van der Waals surface area (Å²) in [6.45, 7) is 3.78. The molecule has 1 aromatic heterocycles. The number of aromatic nitrogens is 1. The molecule has 1 atom stereocenters. The van der Waals surface area contributed by atoms with Gasteiger partial charge in [0.1, 0.15) is 17.5 Å². The van der Waals surface area contributed by atoms with E-state index in [1.807, 2.05) is 53.4 Å². The van der Waals surface area contributed by atoms with Crippen LogP contribution in [0.1, 0.15) is 29.4 Å². The molecule has 0 bridgehead atoms. The lowest BCUT2D eigenvalue weighted by Gasteiger charge is -2.40. The van der Waals surface area contributed by atoms with Gasteiger partial charge in [0.05, 0.1) is 7.11 Å². The van der Waals surface area contributed by atoms with E-state index >= 15 is 0 Å². The van der Waals surface area contributed by atoms with Crippen LogP contribution in [-0.4, -0.2) is 59.4 Å². The predicted molar refractivity (Wildman–Crippen MR) is 128 cm³/mol. The summed E-state index contributed by atoms with van der Waals surface area (Å²) in [7, 11) is 1.65. The molecule has 3 aromatic rings. The molecule has 1 aliphatic rings. The molecule has 0 radical (unpaired) electrons. The highest BCUT2D eigenvalue weighted by atomic mass is 16.5. The second kappa shape index (κ2) is 10.3. The first-order chi connectivity index (χ1) is 16.1. The topological polar surface area (TPSA) is 62.7 Å². The minimum absolute atomic E-state index is 0.0118. The Labute approximate surface area is 194 Å². The highest BCUT2D eigenvalue weighted by molar-refractivity contribution is 5.97. The Morgan fingerprint density at radius 1 is 1.00 bits per heavy atom. The molecule has 170 valence electrons. The third-order valence-corrected chi connectivity index (χ3v) is 6.05. The van der Waals surface area contributed by atoms with Crippen molar-refractivity contribution in [1.29, 1.82) is 0 Å². The zero-order chi connectivity index (χ0) is 23.2. The number of benzene rings is 2. The maximum Gasteiger partial charge on any atom is 0.273 e. The molecule has 33 heavy (non-hydrogen) atoms. The fraction of sp³-hybridized carbons (Fsp3) is 0.296. The van der Waals surface area contributed by atoms with Crippen LogP contribution in [0.4, 0.5) is 0 Å². The number of ether oxygens (including phenoxy) is 1. The molecule has 4 rings (SSSR count). The van der Waals surface area contributed by atoms with Crippen LogP contribution in [0, 0.1) is 0 Å². The molecule has 6 nitrogen and oxygen atoms in total. The maximum absolute atomic E-state index is 13.5. The lowest BCUT2D eigenvalue weighted by molar-refractivity contribution is -0.140. The van der Waals surface area contributed by atoms with Gasteiger partial charge in [-0.15, -0.1) is 0 Å². The van der Waals surface area contributed by atoms with Gasteiger partial charge in [0.2, 0.25) is 5.91 Å². The normalized spacial score (nSPS) is 16.1. The standard InChI is InChI=1S/C27H29N3O3/c1-3-16-29-17-18-30(26(31)23-13-8-9-15-28-23)24(27(29)32)19-20-10-4-5-11-21(20)22-12-6-7-14-25(22)33-2/h4-15,24H,3,16-19H2,1-2H3/t24-/m1/s1. The van der Waals surface area contributed by atoms with Gasteiger partial charge < -0.3 is 14.5 Å². The van der Waals surface area contributed by atoms with Crippen molar-refractivity contribution in [2.45, 2.75) is 25.8 Å². The van der Waals surface area contributed by atoms with Crippen molar-refractivity contribution in [3.05, 3.63) is 84.2 Å². The molecule has 2 heterocycles. The van der Waals surface area contributed by atoms with Gasteiger partial charge in [0.15, 0.2) is 0 Å². The second-order valence-corrected chi connectivity index (χ2v) is 8.12. The Morgan fingerprint density at radius 2 is 1.73 bits per heavy atom. The number of rotatable bonds is 7. The number of methoxy groups -OCH3 is 1. The molecule has 0 aliphatic carbocycles. The van der Waals surface area contributed by atoms with Gasteiger partial charge in [-0.3, -0.25) is 14.6 Å². The Morgan fingerprint density at radius 3 is 2.45 bits per heavy atom. The summed E-state index contributed by atoms with van der Waals surface area (Å²) in [6.07, 6.45) is 2.91. The summed E-state index contributed by atoms with van der Waals surface area (Å²) in [5.41, 5.74) is 3.32. The van der Waals surface area contributed by atoms with Gasteiger partial charge in [-0.25, -0.2) is 0 Å². The summed E-state index contributed by atoms with van der Waals surface area (Å²) in [6, 6.07) is 20.5. The van der Waals surface area contributed by atoms with Crippen molar-refractivity contribution in [3.8, 4) is 16.9 Å². The van der Waals surface area contributed by atoms with E-state index < -0.39 is 6.04 Å². The van der Waals surface area contributed by atoms with Crippen LogP contribution >= 0.6 is 0 Å². The first-order valence-electron chi connectivity index (χ1n) is 11.4. The Bertz CT molecular complexity index is 1120. The fourth-order valence-electron chi connectivity index (χ4n) is 4.44. The third-order valence-electron chi connectivity index (χ3n) is 6.05. The summed E-state index contributed by atoms with van der Waals surface area (Å²) in [5, 5.41) is 0. The number of carbonyl (C=O) groups excluding carboxylic acids is 2. The van der Waals surface area contributed by atoms with E-state index in [0.717, 1.165) is 28.9 Å². The van der Waals surface area contributed by atoms with Gasteiger partial charge in [-0.2, -0.15) is 0 Å². The van der Waals surface area contributed by atoms with E-state index in [4.69, 9.17) is 4.74 Å². The van der Waals surface area contributed by atoms with Crippen molar-refractivity contribution in [3.63, 3.8) is 0 Å². The zero-order valence-corrected chi connectivity index (χ0v) is 19.1. The number of hydrogen-bond acceptors (Lipinski definition) is 4. The van der Waals surface area contributed by atoms with Crippen LogP contribution in [0.25, 0.3) is 11.1 Å².